The Hall–Kier alpha value is -2.39. The lowest BCUT2D eigenvalue weighted by atomic mass is 10.2. The third-order valence-corrected chi connectivity index (χ3v) is 5.10. The fraction of sp³-hybridized carbons (Fsp3) is 0.312. The number of benzene rings is 1. The van der Waals surface area contributed by atoms with Crippen LogP contribution in [0.25, 0.3) is 10.3 Å². The molecule has 4 rings (SSSR count). The van der Waals surface area contributed by atoms with Gasteiger partial charge in [-0.15, -0.1) is 0 Å². The zero-order valence-corrected chi connectivity index (χ0v) is 13.9. The Balaban J connectivity index is 1.70. The van der Waals surface area contributed by atoms with E-state index in [9.17, 15) is 13.6 Å². The number of halogens is 2. The van der Waals surface area contributed by atoms with E-state index in [4.69, 9.17) is 4.74 Å². The second-order valence-electron chi connectivity index (χ2n) is 5.66. The third kappa shape index (κ3) is 3.12. The predicted octanol–water partition coefficient (Wildman–Crippen LogP) is 2.02. The summed E-state index contributed by atoms with van der Waals surface area (Å²) in [6.45, 7) is 2.57. The summed E-state index contributed by atoms with van der Waals surface area (Å²) in [7, 11) is 0. The monoisotopic (exact) mass is 364 g/mol. The molecule has 0 atom stereocenters. The first kappa shape index (κ1) is 16.1. The molecular formula is C16H14F2N4O2S. The van der Waals surface area contributed by atoms with Crippen molar-refractivity contribution < 1.29 is 13.5 Å². The Kier molecular flexibility index (Phi) is 4.18. The molecular weight excluding hydrogens is 350 g/mol. The first-order chi connectivity index (χ1) is 12.1. The van der Waals surface area contributed by atoms with Crippen molar-refractivity contribution in [3.63, 3.8) is 0 Å². The Labute approximate surface area is 145 Å². The van der Waals surface area contributed by atoms with Crippen LogP contribution >= 0.6 is 11.3 Å². The number of hydrogen-bond acceptors (Lipinski definition) is 6. The van der Waals surface area contributed by atoms with Crippen LogP contribution in [0, 0.1) is 11.6 Å². The first-order valence-electron chi connectivity index (χ1n) is 7.74. The summed E-state index contributed by atoms with van der Waals surface area (Å²) in [6.07, 6.45) is 1.32. The van der Waals surface area contributed by atoms with Gasteiger partial charge in [0.15, 0.2) is 10.8 Å². The molecule has 1 aliphatic rings. The van der Waals surface area contributed by atoms with Gasteiger partial charge in [0.1, 0.15) is 22.7 Å². The summed E-state index contributed by atoms with van der Waals surface area (Å²) in [5.41, 5.74) is 0.152. The van der Waals surface area contributed by atoms with E-state index < -0.39 is 11.6 Å². The van der Waals surface area contributed by atoms with Crippen LogP contribution in [0.5, 0.6) is 0 Å². The zero-order chi connectivity index (χ0) is 17.4. The number of morpholine rings is 1. The maximum Gasteiger partial charge on any atom is 0.273 e. The van der Waals surface area contributed by atoms with Crippen molar-refractivity contribution in [3.8, 4) is 0 Å². The van der Waals surface area contributed by atoms with Crippen molar-refractivity contribution in [2.45, 2.75) is 6.54 Å². The maximum absolute atomic E-state index is 13.8. The highest BCUT2D eigenvalue weighted by molar-refractivity contribution is 7.22. The quantitative estimate of drug-likeness (QED) is 0.712. The molecule has 0 radical (unpaired) electrons. The van der Waals surface area contributed by atoms with E-state index in [1.807, 2.05) is 4.90 Å². The van der Waals surface area contributed by atoms with E-state index in [1.54, 1.807) is 0 Å². The second kappa shape index (κ2) is 6.49. The summed E-state index contributed by atoms with van der Waals surface area (Å²) >= 11 is 1.26. The minimum absolute atomic E-state index is 0.0871. The summed E-state index contributed by atoms with van der Waals surface area (Å²) in [4.78, 5) is 23.3. The number of fused-ring (bicyclic) bond motifs is 1. The number of anilines is 1. The molecule has 3 aromatic rings. The Morgan fingerprint density at radius 3 is 2.84 bits per heavy atom. The highest BCUT2D eigenvalue weighted by atomic mass is 32.1. The van der Waals surface area contributed by atoms with Gasteiger partial charge in [-0.1, -0.05) is 11.3 Å². The molecule has 1 aliphatic heterocycles. The highest BCUT2D eigenvalue weighted by Crippen LogP contribution is 2.25. The van der Waals surface area contributed by atoms with E-state index in [2.05, 4.69) is 9.97 Å². The molecule has 0 N–H and O–H groups in total. The van der Waals surface area contributed by atoms with Gasteiger partial charge in [-0.05, 0) is 18.2 Å². The lowest BCUT2D eigenvalue weighted by Crippen LogP contribution is -2.36. The van der Waals surface area contributed by atoms with Crippen LogP contribution in [-0.2, 0) is 11.3 Å². The van der Waals surface area contributed by atoms with E-state index in [0.29, 0.717) is 36.7 Å². The number of nitrogens with zero attached hydrogens (tertiary/aromatic N) is 4. The fourth-order valence-electron chi connectivity index (χ4n) is 2.69. The van der Waals surface area contributed by atoms with Crippen LogP contribution < -0.4 is 10.5 Å². The van der Waals surface area contributed by atoms with Crippen molar-refractivity contribution >= 4 is 26.8 Å². The Morgan fingerprint density at radius 2 is 2.04 bits per heavy atom. The normalized spacial score (nSPS) is 15.0. The van der Waals surface area contributed by atoms with Gasteiger partial charge >= 0.3 is 0 Å². The van der Waals surface area contributed by atoms with Gasteiger partial charge in [-0.2, -0.15) is 4.98 Å². The van der Waals surface area contributed by atoms with Crippen LogP contribution in [0.4, 0.5) is 13.9 Å². The van der Waals surface area contributed by atoms with Gasteiger partial charge in [-0.3, -0.25) is 9.36 Å². The Morgan fingerprint density at radius 1 is 1.24 bits per heavy atom. The molecule has 1 fully saturated rings. The van der Waals surface area contributed by atoms with Crippen molar-refractivity contribution in [1.29, 1.82) is 0 Å². The average Bonchev–Trinajstić information content (AvgIpc) is 3.06. The van der Waals surface area contributed by atoms with Gasteiger partial charge in [0.25, 0.3) is 5.56 Å². The summed E-state index contributed by atoms with van der Waals surface area (Å²) in [5.74, 6) is -1.11. The summed E-state index contributed by atoms with van der Waals surface area (Å²) < 4.78 is 34.1. The van der Waals surface area contributed by atoms with Gasteiger partial charge in [0.2, 0.25) is 0 Å². The average molecular weight is 364 g/mol. The molecule has 1 aromatic carbocycles. The van der Waals surface area contributed by atoms with Crippen LogP contribution in [0.1, 0.15) is 5.56 Å². The predicted molar refractivity (Wildman–Crippen MR) is 90.2 cm³/mol. The molecule has 0 aliphatic carbocycles. The van der Waals surface area contributed by atoms with Crippen LogP contribution in [0.3, 0.4) is 0 Å². The van der Waals surface area contributed by atoms with Gasteiger partial charge < -0.3 is 9.64 Å². The lowest BCUT2D eigenvalue weighted by Gasteiger charge is -2.25. The molecule has 25 heavy (non-hydrogen) atoms. The molecule has 0 spiro atoms. The second-order valence-corrected chi connectivity index (χ2v) is 6.64. The minimum Gasteiger partial charge on any atom is -0.378 e. The SMILES string of the molecule is O=c1c2sc(N3CCOCC3)nc2ncn1Cc1cc(F)ccc1F. The number of ether oxygens (including phenoxy) is 1. The molecule has 3 heterocycles. The molecule has 6 nitrogen and oxygen atoms in total. The first-order valence-corrected chi connectivity index (χ1v) is 8.56. The van der Waals surface area contributed by atoms with Crippen LogP contribution in [-0.4, -0.2) is 40.8 Å². The van der Waals surface area contributed by atoms with E-state index in [1.165, 1.54) is 22.2 Å². The molecule has 0 unspecified atom stereocenters. The molecule has 2 aromatic heterocycles. The summed E-state index contributed by atoms with van der Waals surface area (Å²) in [5, 5.41) is 0.720. The Bertz CT molecular complexity index is 982. The van der Waals surface area contributed by atoms with Crippen LogP contribution in [0.15, 0.2) is 29.3 Å². The highest BCUT2D eigenvalue weighted by Gasteiger charge is 2.18. The smallest absolute Gasteiger partial charge is 0.273 e. The van der Waals surface area contributed by atoms with Gasteiger partial charge in [0.05, 0.1) is 19.8 Å². The standard InChI is InChI=1S/C16H14F2N4O2S/c17-11-1-2-12(18)10(7-11)8-22-9-19-14-13(15(22)23)25-16(20-14)21-3-5-24-6-4-21/h1-2,7,9H,3-6,8H2. The number of hydrogen-bond donors (Lipinski definition) is 0. The van der Waals surface area contributed by atoms with Gasteiger partial charge in [0, 0.05) is 18.7 Å². The minimum atomic E-state index is -0.563. The molecule has 0 saturated carbocycles. The van der Waals surface area contributed by atoms with E-state index in [0.717, 1.165) is 23.3 Å². The molecule has 9 heteroatoms. The van der Waals surface area contributed by atoms with Crippen molar-refractivity contribution in [1.82, 2.24) is 14.5 Å². The largest absolute Gasteiger partial charge is 0.378 e. The fourth-order valence-corrected chi connectivity index (χ4v) is 3.71. The number of thiazole rings is 1. The zero-order valence-electron chi connectivity index (χ0n) is 13.1. The molecule has 0 bridgehead atoms. The summed E-state index contributed by atoms with van der Waals surface area (Å²) in [6, 6.07) is 3.17. The van der Waals surface area contributed by atoms with Gasteiger partial charge in [-0.25, -0.2) is 13.8 Å². The topological polar surface area (TPSA) is 60.3 Å². The lowest BCUT2D eigenvalue weighted by molar-refractivity contribution is 0.122. The molecule has 0 amide bonds. The maximum atomic E-state index is 13.8. The van der Waals surface area contributed by atoms with Crippen molar-refractivity contribution in [3.05, 3.63) is 52.1 Å². The number of rotatable bonds is 3. The molecule has 130 valence electrons. The number of aromatic nitrogens is 3. The van der Waals surface area contributed by atoms with Crippen molar-refractivity contribution in [2.24, 2.45) is 0 Å². The van der Waals surface area contributed by atoms with E-state index >= 15 is 0 Å². The van der Waals surface area contributed by atoms with Crippen LogP contribution in [0.2, 0.25) is 0 Å². The van der Waals surface area contributed by atoms with Crippen molar-refractivity contribution in [2.75, 3.05) is 31.2 Å². The molecule has 1 saturated heterocycles. The van der Waals surface area contributed by atoms with E-state index in [-0.39, 0.29) is 17.7 Å². The third-order valence-electron chi connectivity index (χ3n) is 4.00.